The quantitative estimate of drug-likeness (QED) is 0.839. The number of rotatable bonds is 5. The van der Waals surface area contributed by atoms with Crippen LogP contribution in [-0.4, -0.2) is 10.6 Å². The van der Waals surface area contributed by atoms with Crippen molar-refractivity contribution in [1.82, 2.24) is 4.57 Å². The first kappa shape index (κ1) is 12.2. The van der Waals surface area contributed by atoms with Gasteiger partial charge in [-0.1, -0.05) is 32.0 Å². The standard InChI is InChI=1S/C15H22N2/c1-3-9-17-10-8-12-6-5-7-13(15(12)17)11-14(16)4-2/h5-8,10,14H,3-4,9,11,16H2,1-2H3. The van der Waals surface area contributed by atoms with Crippen molar-refractivity contribution in [1.29, 1.82) is 0 Å². The Hall–Kier alpha value is -1.28. The predicted octanol–water partition coefficient (Wildman–Crippen LogP) is 3.33. The van der Waals surface area contributed by atoms with Gasteiger partial charge in [-0.3, -0.25) is 0 Å². The van der Waals surface area contributed by atoms with E-state index >= 15 is 0 Å². The van der Waals surface area contributed by atoms with Gasteiger partial charge in [0.1, 0.15) is 0 Å². The van der Waals surface area contributed by atoms with Crippen LogP contribution in [0.5, 0.6) is 0 Å². The van der Waals surface area contributed by atoms with Gasteiger partial charge in [-0.05, 0) is 36.3 Å². The molecule has 1 heterocycles. The molecule has 0 spiro atoms. The summed E-state index contributed by atoms with van der Waals surface area (Å²) >= 11 is 0. The minimum Gasteiger partial charge on any atom is -0.347 e. The molecule has 0 bridgehead atoms. The maximum absolute atomic E-state index is 6.08. The van der Waals surface area contributed by atoms with E-state index < -0.39 is 0 Å². The third kappa shape index (κ3) is 2.52. The molecule has 0 saturated carbocycles. The van der Waals surface area contributed by atoms with E-state index in [4.69, 9.17) is 5.73 Å². The molecule has 1 aromatic heterocycles. The number of aryl methyl sites for hydroxylation is 1. The van der Waals surface area contributed by atoms with Crippen LogP contribution in [0.2, 0.25) is 0 Å². The minimum atomic E-state index is 0.269. The van der Waals surface area contributed by atoms with Crippen LogP contribution in [0.15, 0.2) is 30.5 Å². The molecule has 0 aliphatic carbocycles. The summed E-state index contributed by atoms with van der Waals surface area (Å²) in [5.41, 5.74) is 8.84. The van der Waals surface area contributed by atoms with Gasteiger partial charge in [0.15, 0.2) is 0 Å². The smallest absolute Gasteiger partial charge is 0.0513 e. The molecule has 0 aliphatic rings. The fraction of sp³-hybridized carbons (Fsp3) is 0.467. The highest BCUT2D eigenvalue weighted by Gasteiger charge is 2.08. The Labute approximate surface area is 103 Å². The largest absolute Gasteiger partial charge is 0.347 e. The van der Waals surface area contributed by atoms with E-state index in [1.54, 1.807) is 0 Å². The van der Waals surface area contributed by atoms with Crippen molar-refractivity contribution in [2.24, 2.45) is 5.73 Å². The molecular formula is C15H22N2. The van der Waals surface area contributed by atoms with Crippen LogP contribution in [0, 0.1) is 0 Å². The molecule has 2 rings (SSSR count). The summed E-state index contributed by atoms with van der Waals surface area (Å²) in [5, 5.41) is 1.33. The molecule has 92 valence electrons. The second kappa shape index (κ2) is 5.37. The van der Waals surface area contributed by atoms with E-state index in [1.165, 1.54) is 16.5 Å². The van der Waals surface area contributed by atoms with Crippen LogP contribution in [0.3, 0.4) is 0 Å². The molecule has 17 heavy (non-hydrogen) atoms. The van der Waals surface area contributed by atoms with Crippen LogP contribution in [0.25, 0.3) is 10.9 Å². The Morgan fingerprint density at radius 3 is 2.76 bits per heavy atom. The molecule has 2 aromatic rings. The van der Waals surface area contributed by atoms with Crippen molar-refractivity contribution >= 4 is 10.9 Å². The Morgan fingerprint density at radius 2 is 2.06 bits per heavy atom. The van der Waals surface area contributed by atoms with Gasteiger partial charge < -0.3 is 10.3 Å². The first-order valence-corrected chi connectivity index (χ1v) is 6.58. The van der Waals surface area contributed by atoms with Gasteiger partial charge >= 0.3 is 0 Å². The summed E-state index contributed by atoms with van der Waals surface area (Å²) in [5.74, 6) is 0. The van der Waals surface area contributed by atoms with E-state index in [-0.39, 0.29) is 6.04 Å². The SMILES string of the molecule is CCCn1ccc2cccc(CC(N)CC)c21. The number of benzene rings is 1. The van der Waals surface area contributed by atoms with Crippen LogP contribution >= 0.6 is 0 Å². The molecule has 1 aromatic carbocycles. The first-order valence-electron chi connectivity index (χ1n) is 6.58. The zero-order valence-corrected chi connectivity index (χ0v) is 10.8. The van der Waals surface area contributed by atoms with Gasteiger partial charge in [0.25, 0.3) is 0 Å². The first-order chi connectivity index (χ1) is 8.26. The van der Waals surface area contributed by atoms with Crippen molar-refractivity contribution in [3.05, 3.63) is 36.0 Å². The maximum Gasteiger partial charge on any atom is 0.0513 e. The highest BCUT2D eigenvalue weighted by Crippen LogP contribution is 2.22. The van der Waals surface area contributed by atoms with E-state index in [1.807, 2.05) is 0 Å². The number of aromatic nitrogens is 1. The molecule has 2 N–H and O–H groups in total. The molecular weight excluding hydrogens is 208 g/mol. The lowest BCUT2D eigenvalue weighted by atomic mass is 10.0. The van der Waals surface area contributed by atoms with Crippen LogP contribution in [0.4, 0.5) is 0 Å². The molecule has 0 radical (unpaired) electrons. The van der Waals surface area contributed by atoms with Crippen molar-refractivity contribution in [3.8, 4) is 0 Å². The Morgan fingerprint density at radius 1 is 1.24 bits per heavy atom. The van der Waals surface area contributed by atoms with E-state index in [0.717, 1.165) is 25.8 Å². The van der Waals surface area contributed by atoms with Crippen molar-refractivity contribution in [2.75, 3.05) is 0 Å². The van der Waals surface area contributed by atoms with E-state index in [9.17, 15) is 0 Å². The highest BCUT2D eigenvalue weighted by atomic mass is 14.9. The molecule has 0 aliphatic heterocycles. The topological polar surface area (TPSA) is 30.9 Å². The van der Waals surface area contributed by atoms with Gasteiger partial charge in [-0.25, -0.2) is 0 Å². The van der Waals surface area contributed by atoms with Crippen molar-refractivity contribution in [3.63, 3.8) is 0 Å². The number of para-hydroxylation sites is 1. The number of nitrogens with zero attached hydrogens (tertiary/aromatic N) is 1. The third-order valence-corrected chi connectivity index (χ3v) is 3.34. The molecule has 2 nitrogen and oxygen atoms in total. The molecule has 1 atom stereocenters. The average molecular weight is 230 g/mol. The fourth-order valence-electron chi connectivity index (χ4n) is 2.36. The lowest BCUT2D eigenvalue weighted by molar-refractivity contribution is 0.643. The van der Waals surface area contributed by atoms with Crippen LogP contribution in [0.1, 0.15) is 32.3 Å². The summed E-state index contributed by atoms with van der Waals surface area (Å²) in [7, 11) is 0. The zero-order chi connectivity index (χ0) is 12.3. The van der Waals surface area contributed by atoms with Gasteiger partial charge in [0.2, 0.25) is 0 Å². The second-order valence-corrected chi connectivity index (χ2v) is 4.74. The molecule has 0 fully saturated rings. The maximum atomic E-state index is 6.08. The summed E-state index contributed by atoms with van der Waals surface area (Å²) in [6, 6.07) is 9.00. The fourth-order valence-corrected chi connectivity index (χ4v) is 2.36. The van der Waals surface area contributed by atoms with Gasteiger partial charge in [-0.15, -0.1) is 0 Å². The number of hydrogen-bond acceptors (Lipinski definition) is 1. The van der Waals surface area contributed by atoms with E-state index in [0.29, 0.717) is 0 Å². The Balaban J connectivity index is 2.42. The monoisotopic (exact) mass is 230 g/mol. The predicted molar refractivity (Wildman–Crippen MR) is 74.2 cm³/mol. The van der Waals surface area contributed by atoms with Crippen molar-refractivity contribution < 1.29 is 0 Å². The lowest BCUT2D eigenvalue weighted by Gasteiger charge is -2.12. The number of hydrogen-bond donors (Lipinski definition) is 1. The van der Waals surface area contributed by atoms with Gasteiger partial charge in [-0.2, -0.15) is 0 Å². The summed E-state index contributed by atoms with van der Waals surface area (Å²) < 4.78 is 2.35. The normalized spacial score (nSPS) is 13.1. The molecule has 2 heteroatoms. The minimum absolute atomic E-state index is 0.269. The number of fused-ring (bicyclic) bond motifs is 1. The van der Waals surface area contributed by atoms with Gasteiger partial charge in [0, 0.05) is 18.8 Å². The summed E-state index contributed by atoms with van der Waals surface area (Å²) in [4.78, 5) is 0. The number of nitrogens with two attached hydrogens (primary N) is 1. The molecule has 1 unspecified atom stereocenters. The Bertz CT molecular complexity index is 485. The second-order valence-electron chi connectivity index (χ2n) is 4.74. The lowest BCUT2D eigenvalue weighted by Crippen LogP contribution is -2.21. The third-order valence-electron chi connectivity index (χ3n) is 3.34. The van der Waals surface area contributed by atoms with Crippen LogP contribution in [-0.2, 0) is 13.0 Å². The summed E-state index contributed by atoms with van der Waals surface area (Å²) in [6.45, 7) is 5.45. The van der Waals surface area contributed by atoms with Crippen LogP contribution < -0.4 is 5.73 Å². The van der Waals surface area contributed by atoms with E-state index in [2.05, 4.69) is 48.9 Å². The average Bonchev–Trinajstić information content (AvgIpc) is 2.74. The molecule has 0 saturated heterocycles. The van der Waals surface area contributed by atoms with Gasteiger partial charge in [0.05, 0.1) is 5.52 Å². The highest BCUT2D eigenvalue weighted by molar-refractivity contribution is 5.83. The van der Waals surface area contributed by atoms with Crippen molar-refractivity contribution in [2.45, 2.75) is 45.7 Å². The molecule has 0 amide bonds. The summed E-state index contributed by atoms with van der Waals surface area (Å²) in [6.07, 6.45) is 5.36. The zero-order valence-electron chi connectivity index (χ0n) is 10.8. The Kier molecular flexibility index (Phi) is 3.85.